The maximum Gasteiger partial charge on any atom is 0.188 e. The predicted molar refractivity (Wildman–Crippen MR) is 86.1 cm³/mol. The van der Waals surface area contributed by atoms with E-state index in [0.717, 1.165) is 22.1 Å². The summed E-state index contributed by atoms with van der Waals surface area (Å²) in [7, 11) is 0. The molecule has 0 spiro atoms. The van der Waals surface area contributed by atoms with Gasteiger partial charge in [-0.1, -0.05) is 25.1 Å². The number of aromatic nitrogens is 4. The van der Waals surface area contributed by atoms with Gasteiger partial charge in [0.25, 0.3) is 0 Å². The third-order valence-electron chi connectivity index (χ3n) is 3.33. The SMILES string of the molecule is CCc1ccc(-n2nnnc2-c2cccc(N)c2Br)cc1. The van der Waals surface area contributed by atoms with Gasteiger partial charge in [-0.05, 0) is 62.6 Å². The number of tetrazole rings is 1. The van der Waals surface area contributed by atoms with Gasteiger partial charge >= 0.3 is 0 Å². The van der Waals surface area contributed by atoms with Crippen molar-refractivity contribution in [3.63, 3.8) is 0 Å². The largest absolute Gasteiger partial charge is 0.398 e. The summed E-state index contributed by atoms with van der Waals surface area (Å²) in [6, 6.07) is 13.8. The molecule has 5 nitrogen and oxygen atoms in total. The van der Waals surface area contributed by atoms with Crippen molar-refractivity contribution in [3.05, 3.63) is 52.5 Å². The molecule has 0 radical (unpaired) electrons. The zero-order chi connectivity index (χ0) is 14.8. The van der Waals surface area contributed by atoms with E-state index in [1.807, 2.05) is 30.3 Å². The zero-order valence-corrected chi connectivity index (χ0v) is 13.1. The average Bonchev–Trinajstić information content (AvgIpc) is 2.99. The number of hydrogen-bond acceptors (Lipinski definition) is 4. The summed E-state index contributed by atoms with van der Waals surface area (Å²) in [5, 5.41) is 12.0. The van der Waals surface area contributed by atoms with Crippen LogP contribution in [0, 0.1) is 0 Å². The molecule has 6 heteroatoms. The Morgan fingerprint density at radius 3 is 2.62 bits per heavy atom. The van der Waals surface area contributed by atoms with Crippen LogP contribution in [-0.4, -0.2) is 20.2 Å². The maximum absolute atomic E-state index is 5.93. The molecular formula is C15H14BrN5. The highest BCUT2D eigenvalue weighted by Crippen LogP contribution is 2.31. The van der Waals surface area contributed by atoms with Crippen molar-refractivity contribution in [2.75, 3.05) is 5.73 Å². The van der Waals surface area contributed by atoms with Gasteiger partial charge < -0.3 is 5.73 Å². The van der Waals surface area contributed by atoms with Gasteiger partial charge in [-0.25, -0.2) is 0 Å². The first kappa shape index (κ1) is 13.8. The van der Waals surface area contributed by atoms with Crippen molar-refractivity contribution in [1.82, 2.24) is 20.2 Å². The van der Waals surface area contributed by atoms with E-state index in [1.165, 1.54) is 5.56 Å². The fourth-order valence-electron chi connectivity index (χ4n) is 2.12. The Kier molecular flexibility index (Phi) is 3.70. The number of halogens is 1. The van der Waals surface area contributed by atoms with Crippen LogP contribution < -0.4 is 5.73 Å². The molecule has 0 bridgehead atoms. The second kappa shape index (κ2) is 5.65. The van der Waals surface area contributed by atoms with Crippen molar-refractivity contribution in [2.24, 2.45) is 0 Å². The fraction of sp³-hybridized carbons (Fsp3) is 0.133. The molecule has 1 aromatic heterocycles. The van der Waals surface area contributed by atoms with Crippen molar-refractivity contribution in [2.45, 2.75) is 13.3 Å². The Bertz CT molecular complexity index is 764. The Morgan fingerprint density at radius 1 is 1.14 bits per heavy atom. The highest BCUT2D eigenvalue weighted by molar-refractivity contribution is 9.10. The molecule has 1 heterocycles. The molecule has 0 saturated heterocycles. The first-order valence-corrected chi connectivity index (χ1v) is 7.42. The lowest BCUT2D eigenvalue weighted by atomic mass is 10.1. The summed E-state index contributed by atoms with van der Waals surface area (Å²) in [5.74, 6) is 0.651. The first-order valence-electron chi connectivity index (χ1n) is 6.62. The summed E-state index contributed by atoms with van der Waals surface area (Å²) in [6.45, 7) is 2.13. The van der Waals surface area contributed by atoms with Crippen LogP contribution in [0.15, 0.2) is 46.9 Å². The molecule has 0 unspecified atom stereocenters. The minimum absolute atomic E-state index is 0.651. The monoisotopic (exact) mass is 343 g/mol. The predicted octanol–water partition coefficient (Wildman–Crippen LogP) is 3.24. The van der Waals surface area contributed by atoms with Crippen molar-refractivity contribution >= 4 is 21.6 Å². The molecule has 21 heavy (non-hydrogen) atoms. The van der Waals surface area contributed by atoms with E-state index >= 15 is 0 Å². The number of nitrogens with two attached hydrogens (primary N) is 1. The van der Waals surface area contributed by atoms with Crippen molar-refractivity contribution in [1.29, 1.82) is 0 Å². The van der Waals surface area contributed by atoms with Crippen LogP contribution in [0.1, 0.15) is 12.5 Å². The van der Waals surface area contributed by atoms with Crippen LogP contribution in [0.5, 0.6) is 0 Å². The van der Waals surface area contributed by atoms with E-state index in [1.54, 1.807) is 4.68 Å². The van der Waals surface area contributed by atoms with Gasteiger partial charge in [-0.2, -0.15) is 4.68 Å². The number of rotatable bonds is 3. The van der Waals surface area contributed by atoms with Crippen LogP contribution >= 0.6 is 15.9 Å². The van der Waals surface area contributed by atoms with Gasteiger partial charge in [-0.3, -0.25) is 0 Å². The molecule has 2 aromatic carbocycles. The summed E-state index contributed by atoms with van der Waals surface area (Å²) in [5.41, 5.74) is 9.64. The fourth-order valence-corrected chi connectivity index (χ4v) is 2.57. The average molecular weight is 344 g/mol. The number of aryl methyl sites for hydroxylation is 1. The van der Waals surface area contributed by atoms with E-state index in [-0.39, 0.29) is 0 Å². The van der Waals surface area contributed by atoms with Crippen LogP contribution in [-0.2, 0) is 6.42 Å². The van der Waals surface area contributed by atoms with E-state index in [4.69, 9.17) is 5.73 Å². The normalized spacial score (nSPS) is 10.8. The van der Waals surface area contributed by atoms with E-state index in [9.17, 15) is 0 Å². The Hall–Kier alpha value is -2.21. The molecule has 0 aliphatic carbocycles. The van der Waals surface area contributed by atoms with Crippen molar-refractivity contribution < 1.29 is 0 Å². The standard InChI is InChI=1S/C15H14BrN5/c1-2-10-6-8-11(9-7-10)21-15(18-19-20-21)12-4-3-5-13(17)14(12)16/h3-9H,2,17H2,1H3. The molecule has 2 N–H and O–H groups in total. The van der Waals surface area contributed by atoms with E-state index < -0.39 is 0 Å². The molecule has 3 aromatic rings. The number of nitrogens with zero attached hydrogens (tertiary/aromatic N) is 4. The Morgan fingerprint density at radius 2 is 1.90 bits per heavy atom. The number of hydrogen-bond donors (Lipinski definition) is 1. The molecule has 0 aliphatic rings. The molecule has 106 valence electrons. The van der Waals surface area contributed by atoms with Crippen molar-refractivity contribution in [3.8, 4) is 17.1 Å². The third-order valence-corrected chi connectivity index (χ3v) is 4.21. The van der Waals surface area contributed by atoms with Gasteiger partial charge in [0, 0.05) is 11.3 Å². The van der Waals surface area contributed by atoms with Gasteiger partial charge in [0.05, 0.1) is 10.2 Å². The molecular weight excluding hydrogens is 330 g/mol. The van der Waals surface area contributed by atoms with E-state index in [0.29, 0.717) is 11.5 Å². The third kappa shape index (κ3) is 2.54. The van der Waals surface area contributed by atoms with Gasteiger partial charge in [0.15, 0.2) is 5.82 Å². The minimum atomic E-state index is 0.651. The molecule has 0 saturated carbocycles. The van der Waals surface area contributed by atoms with Crippen LogP contribution in [0.4, 0.5) is 5.69 Å². The number of anilines is 1. The lowest BCUT2D eigenvalue weighted by molar-refractivity contribution is 0.790. The number of benzene rings is 2. The second-order valence-electron chi connectivity index (χ2n) is 4.64. The lowest BCUT2D eigenvalue weighted by Crippen LogP contribution is -2.01. The van der Waals surface area contributed by atoms with Crippen LogP contribution in [0.2, 0.25) is 0 Å². The maximum atomic E-state index is 5.93. The molecule has 3 rings (SSSR count). The quantitative estimate of drug-likeness (QED) is 0.741. The van der Waals surface area contributed by atoms with E-state index in [2.05, 4.69) is 50.5 Å². The number of nitrogen functional groups attached to an aromatic ring is 1. The van der Waals surface area contributed by atoms with Gasteiger partial charge in [0.1, 0.15) is 0 Å². The summed E-state index contributed by atoms with van der Waals surface area (Å²) in [4.78, 5) is 0. The van der Waals surface area contributed by atoms with Gasteiger partial charge in [-0.15, -0.1) is 5.10 Å². The lowest BCUT2D eigenvalue weighted by Gasteiger charge is -2.08. The van der Waals surface area contributed by atoms with Gasteiger partial charge in [0.2, 0.25) is 0 Å². The van der Waals surface area contributed by atoms with Crippen LogP contribution in [0.3, 0.4) is 0 Å². The molecule has 0 amide bonds. The smallest absolute Gasteiger partial charge is 0.188 e. The highest BCUT2D eigenvalue weighted by Gasteiger charge is 2.14. The summed E-state index contributed by atoms with van der Waals surface area (Å²) < 4.78 is 2.50. The zero-order valence-electron chi connectivity index (χ0n) is 11.5. The molecule has 0 fully saturated rings. The summed E-state index contributed by atoms with van der Waals surface area (Å²) >= 11 is 3.50. The first-order chi connectivity index (χ1) is 10.2. The topological polar surface area (TPSA) is 69.6 Å². The summed E-state index contributed by atoms with van der Waals surface area (Å²) in [6.07, 6.45) is 1.00. The molecule has 0 atom stereocenters. The Labute approximate surface area is 130 Å². The van der Waals surface area contributed by atoms with Crippen LogP contribution in [0.25, 0.3) is 17.1 Å². The second-order valence-corrected chi connectivity index (χ2v) is 5.44. The minimum Gasteiger partial charge on any atom is -0.398 e. The Balaban J connectivity index is 2.10. The molecule has 0 aliphatic heterocycles. The highest BCUT2D eigenvalue weighted by atomic mass is 79.9.